The molecule has 1 aromatic carbocycles. The second-order valence-electron chi connectivity index (χ2n) is 6.65. The predicted molar refractivity (Wildman–Crippen MR) is 89.1 cm³/mol. The van der Waals surface area contributed by atoms with Crippen LogP contribution in [0.1, 0.15) is 25.7 Å². The number of benzene rings is 1. The summed E-state index contributed by atoms with van der Waals surface area (Å²) in [5.74, 6) is 3.34. The van der Waals surface area contributed by atoms with Crippen LogP contribution in [-0.2, 0) is 0 Å². The molecule has 0 bridgehead atoms. The van der Waals surface area contributed by atoms with E-state index in [9.17, 15) is 0 Å². The van der Waals surface area contributed by atoms with Gasteiger partial charge in [0, 0.05) is 17.7 Å². The molecule has 2 fully saturated rings. The van der Waals surface area contributed by atoms with Crippen LogP contribution in [0, 0.1) is 11.8 Å². The molecule has 2 heterocycles. The molecule has 0 saturated heterocycles. The van der Waals surface area contributed by atoms with Gasteiger partial charge in [-0.25, -0.2) is 4.98 Å². The molecule has 0 radical (unpaired) electrons. The Morgan fingerprint density at radius 2 is 1.83 bits per heavy atom. The van der Waals surface area contributed by atoms with Gasteiger partial charge in [-0.2, -0.15) is 14.6 Å². The quantitative estimate of drug-likeness (QED) is 0.806. The van der Waals surface area contributed by atoms with E-state index in [0.29, 0.717) is 11.8 Å². The summed E-state index contributed by atoms with van der Waals surface area (Å²) in [6, 6.07) is 12.9. The highest BCUT2D eigenvalue weighted by atomic mass is 15.4. The van der Waals surface area contributed by atoms with Crippen molar-refractivity contribution in [1.82, 2.24) is 19.6 Å². The number of hydrogen-bond donors (Lipinski definition) is 1. The van der Waals surface area contributed by atoms with Gasteiger partial charge in [0.2, 0.25) is 0 Å². The zero-order valence-corrected chi connectivity index (χ0v) is 12.9. The summed E-state index contributed by atoms with van der Waals surface area (Å²) in [7, 11) is 0. The Morgan fingerprint density at radius 1 is 1.04 bits per heavy atom. The van der Waals surface area contributed by atoms with Crippen molar-refractivity contribution in [3.8, 4) is 11.3 Å². The van der Waals surface area contributed by atoms with Crippen LogP contribution in [0.5, 0.6) is 0 Å². The molecule has 0 spiro atoms. The normalized spacial score (nSPS) is 26.0. The Morgan fingerprint density at radius 3 is 2.61 bits per heavy atom. The van der Waals surface area contributed by atoms with E-state index in [4.69, 9.17) is 0 Å². The van der Waals surface area contributed by atoms with E-state index in [1.54, 1.807) is 6.33 Å². The molecule has 5 rings (SSSR count). The van der Waals surface area contributed by atoms with E-state index in [1.165, 1.54) is 25.7 Å². The van der Waals surface area contributed by atoms with Gasteiger partial charge in [0.15, 0.2) is 0 Å². The maximum absolute atomic E-state index is 4.63. The van der Waals surface area contributed by atoms with Crippen LogP contribution < -0.4 is 5.32 Å². The van der Waals surface area contributed by atoms with E-state index < -0.39 is 0 Å². The van der Waals surface area contributed by atoms with Crippen molar-refractivity contribution >= 4 is 11.6 Å². The van der Waals surface area contributed by atoms with Gasteiger partial charge in [0.25, 0.3) is 5.78 Å². The van der Waals surface area contributed by atoms with Crippen molar-refractivity contribution in [3.63, 3.8) is 0 Å². The smallest absolute Gasteiger partial charge is 0.254 e. The summed E-state index contributed by atoms with van der Waals surface area (Å²) in [6.07, 6.45) is 7.05. The molecule has 1 N–H and O–H groups in total. The maximum atomic E-state index is 4.63. The third kappa shape index (κ3) is 2.19. The molecule has 0 unspecified atom stereocenters. The van der Waals surface area contributed by atoms with E-state index in [2.05, 4.69) is 38.6 Å². The monoisotopic (exact) mass is 305 g/mol. The highest BCUT2D eigenvalue weighted by molar-refractivity contribution is 5.65. The lowest BCUT2D eigenvalue weighted by molar-refractivity contribution is 0.480. The number of fused-ring (bicyclic) bond motifs is 2. The lowest BCUT2D eigenvalue weighted by atomic mass is 10.0. The van der Waals surface area contributed by atoms with Crippen molar-refractivity contribution in [2.75, 3.05) is 5.32 Å². The molecule has 116 valence electrons. The van der Waals surface area contributed by atoms with E-state index in [0.717, 1.165) is 28.9 Å². The zero-order valence-electron chi connectivity index (χ0n) is 12.9. The lowest BCUT2D eigenvalue weighted by Crippen LogP contribution is -2.11. The summed E-state index contributed by atoms with van der Waals surface area (Å²) < 4.78 is 1.82. The minimum absolute atomic E-state index is 0.593. The van der Waals surface area contributed by atoms with Gasteiger partial charge in [-0.3, -0.25) is 0 Å². The topological polar surface area (TPSA) is 55.1 Å². The van der Waals surface area contributed by atoms with Crippen molar-refractivity contribution < 1.29 is 0 Å². The Balaban J connectivity index is 1.53. The average molecular weight is 305 g/mol. The molecule has 3 aromatic rings. The number of nitrogens with zero attached hydrogens (tertiary/aromatic N) is 4. The Bertz CT molecular complexity index is 829. The molecule has 0 amide bonds. The van der Waals surface area contributed by atoms with Gasteiger partial charge < -0.3 is 5.32 Å². The van der Waals surface area contributed by atoms with Gasteiger partial charge in [0.05, 0.1) is 5.69 Å². The van der Waals surface area contributed by atoms with Crippen LogP contribution in [-0.4, -0.2) is 25.6 Å². The maximum Gasteiger partial charge on any atom is 0.254 e. The second-order valence-corrected chi connectivity index (χ2v) is 6.65. The summed E-state index contributed by atoms with van der Waals surface area (Å²) >= 11 is 0. The highest BCUT2D eigenvalue weighted by Crippen LogP contribution is 2.51. The minimum Gasteiger partial charge on any atom is -0.367 e. The fourth-order valence-electron chi connectivity index (χ4n) is 4.05. The number of nitrogens with one attached hydrogen (secondary N) is 1. The standard InChI is InChI=1S/C18H19N5/c1-2-6-12(7-3-1)15-10-16(23-18(21-15)19-11-20-23)22-17-13-8-4-5-9-14(13)17/h1-3,6-7,10-11,13-14,17,22H,4-5,8-9H2/t13-,14-/m1/s1. The first-order valence-electron chi connectivity index (χ1n) is 8.43. The lowest BCUT2D eigenvalue weighted by Gasteiger charge is -2.10. The third-order valence-corrected chi connectivity index (χ3v) is 5.29. The minimum atomic E-state index is 0.593. The van der Waals surface area contributed by atoms with Crippen molar-refractivity contribution in [2.24, 2.45) is 11.8 Å². The van der Waals surface area contributed by atoms with Crippen LogP contribution in [0.4, 0.5) is 5.82 Å². The molecule has 5 heteroatoms. The summed E-state index contributed by atoms with van der Waals surface area (Å²) in [5, 5.41) is 8.05. The van der Waals surface area contributed by atoms with Crippen LogP contribution in [0.2, 0.25) is 0 Å². The summed E-state index contributed by atoms with van der Waals surface area (Å²) in [6.45, 7) is 0. The first-order chi connectivity index (χ1) is 11.4. The van der Waals surface area contributed by atoms with E-state index >= 15 is 0 Å². The number of aromatic nitrogens is 4. The van der Waals surface area contributed by atoms with Crippen molar-refractivity contribution in [1.29, 1.82) is 0 Å². The van der Waals surface area contributed by atoms with Gasteiger partial charge in [-0.05, 0) is 24.7 Å². The van der Waals surface area contributed by atoms with Crippen LogP contribution >= 0.6 is 0 Å². The Kier molecular flexibility index (Phi) is 2.86. The fraction of sp³-hybridized carbons (Fsp3) is 0.389. The fourth-order valence-corrected chi connectivity index (χ4v) is 4.05. The second kappa shape index (κ2) is 5.05. The van der Waals surface area contributed by atoms with Crippen LogP contribution in [0.15, 0.2) is 42.7 Å². The highest BCUT2D eigenvalue weighted by Gasteiger charge is 2.50. The van der Waals surface area contributed by atoms with E-state index in [-0.39, 0.29) is 0 Å². The largest absolute Gasteiger partial charge is 0.367 e. The molecule has 2 saturated carbocycles. The first-order valence-corrected chi connectivity index (χ1v) is 8.43. The van der Waals surface area contributed by atoms with Gasteiger partial charge in [0.1, 0.15) is 12.1 Å². The molecule has 23 heavy (non-hydrogen) atoms. The molecule has 0 aliphatic heterocycles. The summed E-state index contributed by atoms with van der Waals surface area (Å²) in [5.41, 5.74) is 2.05. The molecule has 2 aliphatic carbocycles. The van der Waals surface area contributed by atoms with Gasteiger partial charge in [-0.15, -0.1) is 0 Å². The van der Waals surface area contributed by atoms with Gasteiger partial charge in [-0.1, -0.05) is 43.2 Å². The number of hydrogen-bond acceptors (Lipinski definition) is 4. The third-order valence-electron chi connectivity index (χ3n) is 5.29. The van der Waals surface area contributed by atoms with Crippen molar-refractivity contribution in [2.45, 2.75) is 31.7 Å². The number of rotatable bonds is 3. The van der Waals surface area contributed by atoms with E-state index in [1.807, 2.05) is 22.7 Å². The average Bonchev–Trinajstić information content (AvgIpc) is 3.07. The SMILES string of the molecule is c1ccc(-c2cc(NC3[C@@H]4CCCC[C@@H]34)n3ncnc3n2)cc1. The predicted octanol–water partition coefficient (Wildman–Crippen LogP) is 3.39. The summed E-state index contributed by atoms with van der Waals surface area (Å²) in [4.78, 5) is 8.92. The van der Waals surface area contributed by atoms with Crippen LogP contribution in [0.3, 0.4) is 0 Å². The molecular weight excluding hydrogens is 286 g/mol. The zero-order chi connectivity index (χ0) is 15.2. The van der Waals surface area contributed by atoms with Gasteiger partial charge >= 0.3 is 0 Å². The molecule has 2 aromatic heterocycles. The Labute approximate surface area is 134 Å². The van der Waals surface area contributed by atoms with Crippen LogP contribution in [0.25, 0.3) is 17.0 Å². The van der Waals surface area contributed by atoms with Crippen molar-refractivity contribution in [3.05, 3.63) is 42.7 Å². The Hall–Kier alpha value is -2.43. The number of anilines is 1. The molecule has 5 nitrogen and oxygen atoms in total. The molecule has 2 atom stereocenters. The molecule has 2 aliphatic rings. The molecular formula is C18H19N5. The first kappa shape index (κ1) is 13.0.